The number of benzene rings is 1. The lowest BCUT2D eigenvalue weighted by atomic mass is 10.3. The zero-order chi connectivity index (χ0) is 11.6. The number of ether oxygens (including phenoxy) is 2. The number of aliphatic imine (C=N–C) groups is 1. The van der Waals surface area contributed by atoms with E-state index in [9.17, 15) is 8.42 Å². The fourth-order valence-electron chi connectivity index (χ4n) is 1.15. The van der Waals surface area contributed by atoms with E-state index in [0.29, 0.717) is 11.5 Å². The van der Waals surface area contributed by atoms with Gasteiger partial charge in [-0.3, -0.25) is 0 Å². The van der Waals surface area contributed by atoms with Crippen LogP contribution in [0.4, 0.5) is 0 Å². The highest BCUT2D eigenvalue weighted by molar-refractivity contribution is 8.08. The summed E-state index contributed by atoms with van der Waals surface area (Å²) >= 11 is 0. The molecule has 0 bridgehead atoms. The number of sulfone groups is 1. The van der Waals surface area contributed by atoms with Crippen LogP contribution >= 0.6 is 0 Å². The Morgan fingerprint density at radius 2 is 2.00 bits per heavy atom. The van der Waals surface area contributed by atoms with Crippen molar-refractivity contribution in [1.82, 2.24) is 0 Å². The number of hydrogen-bond acceptors (Lipinski definition) is 5. The van der Waals surface area contributed by atoms with E-state index in [1.807, 2.05) is 0 Å². The number of nitrogens with zero attached hydrogens (tertiary/aromatic N) is 1. The van der Waals surface area contributed by atoms with Crippen LogP contribution in [0.2, 0.25) is 0 Å². The second kappa shape index (κ2) is 3.97. The second-order valence-corrected chi connectivity index (χ2v) is 4.72. The lowest BCUT2D eigenvalue weighted by Gasteiger charge is -2.05. The molecule has 0 unspecified atom stereocenters. The Morgan fingerprint density at radius 1 is 1.25 bits per heavy atom. The molecule has 1 aromatic rings. The minimum atomic E-state index is -3.50. The maximum Gasteiger partial charge on any atom is 0.319 e. The first-order valence-corrected chi connectivity index (χ1v) is 5.98. The van der Waals surface area contributed by atoms with Crippen molar-refractivity contribution in [3.8, 4) is 11.5 Å². The van der Waals surface area contributed by atoms with Gasteiger partial charge in [0, 0.05) is 12.3 Å². The molecule has 84 valence electrons. The van der Waals surface area contributed by atoms with Gasteiger partial charge in [-0.25, -0.2) is 13.4 Å². The summed E-state index contributed by atoms with van der Waals surface area (Å²) in [6.45, 7) is 0. The van der Waals surface area contributed by atoms with Gasteiger partial charge in [-0.1, -0.05) is 6.07 Å². The highest BCUT2D eigenvalue weighted by atomic mass is 32.2. The van der Waals surface area contributed by atoms with E-state index in [2.05, 4.69) is 4.99 Å². The molecule has 0 radical (unpaired) electrons. The molecule has 5 nitrogen and oxygen atoms in total. The van der Waals surface area contributed by atoms with Gasteiger partial charge in [0.15, 0.2) is 0 Å². The van der Waals surface area contributed by atoms with Crippen molar-refractivity contribution in [1.29, 1.82) is 0 Å². The zero-order valence-corrected chi connectivity index (χ0v) is 9.27. The van der Waals surface area contributed by atoms with E-state index < -0.39 is 9.84 Å². The second-order valence-electron chi connectivity index (χ2n) is 3.01. The highest BCUT2D eigenvalue weighted by Gasteiger charge is 2.22. The summed E-state index contributed by atoms with van der Waals surface area (Å²) in [6.07, 6.45) is 1.19. The van der Waals surface area contributed by atoms with Crippen LogP contribution in [0, 0.1) is 0 Å². The van der Waals surface area contributed by atoms with E-state index in [1.54, 1.807) is 24.3 Å². The number of methoxy groups -OCH3 is 1. The summed E-state index contributed by atoms with van der Waals surface area (Å²) in [4.78, 5) is 3.62. The highest BCUT2D eigenvalue weighted by Crippen LogP contribution is 2.21. The molecule has 6 heteroatoms. The van der Waals surface area contributed by atoms with Crippen LogP contribution in [0.15, 0.2) is 40.9 Å². The SMILES string of the molecule is COc1cccc(OC2=NC=CS2(=O)=O)c1. The number of hydrogen-bond donors (Lipinski definition) is 0. The molecule has 1 aromatic carbocycles. The van der Waals surface area contributed by atoms with Crippen LogP contribution in [0.3, 0.4) is 0 Å². The van der Waals surface area contributed by atoms with Crippen molar-refractivity contribution >= 4 is 15.1 Å². The Balaban J connectivity index is 2.22. The molecular formula is C10H9NO4S. The molecule has 0 atom stereocenters. The molecule has 0 saturated carbocycles. The van der Waals surface area contributed by atoms with Crippen LogP contribution < -0.4 is 9.47 Å². The topological polar surface area (TPSA) is 65.0 Å². The Morgan fingerprint density at radius 3 is 2.62 bits per heavy atom. The molecule has 1 aliphatic rings. The maximum absolute atomic E-state index is 11.3. The molecule has 0 amide bonds. The fraction of sp³-hybridized carbons (Fsp3) is 0.100. The summed E-state index contributed by atoms with van der Waals surface area (Å²) in [7, 11) is -1.98. The summed E-state index contributed by atoms with van der Waals surface area (Å²) in [6, 6.07) is 6.63. The van der Waals surface area contributed by atoms with Crippen molar-refractivity contribution in [3.63, 3.8) is 0 Å². The molecule has 0 N–H and O–H groups in total. The minimum Gasteiger partial charge on any atom is -0.497 e. The monoisotopic (exact) mass is 239 g/mol. The van der Waals surface area contributed by atoms with Crippen LogP contribution in [-0.2, 0) is 9.84 Å². The average Bonchev–Trinajstić information content (AvgIpc) is 2.59. The summed E-state index contributed by atoms with van der Waals surface area (Å²) in [5.74, 6) is 0.951. The van der Waals surface area contributed by atoms with Gasteiger partial charge in [-0.15, -0.1) is 0 Å². The lowest BCUT2D eigenvalue weighted by molar-refractivity contribution is 0.412. The largest absolute Gasteiger partial charge is 0.497 e. The van der Waals surface area contributed by atoms with Crippen molar-refractivity contribution < 1.29 is 17.9 Å². The third kappa shape index (κ3) is 2.06. The molecule has 1 aliphatic heterocycles. The maximum atomic E-state index is 11.3. The molecule has 0 aromatic heterocycles. The van der Waals surface area contributed by atoms with Gasteiger partial charge in [0.2, 0.25) is 0 Å². The van der Waals surface area contributed by atoms with Crippen molar-refractivity contribution in [2.24, 2.45) is 4.99 Å². The summed E-state index contributed by atoms with van der Waals surface area (Å²) < 4.78 is 32.8. The van der Waals surface area contributed by atoms with Crippen molar-refractivity contribution in [2.45, 2.75) is 0 Å². The normalized spacial score (nSPS) is 16.9. The predicted octanol–water partition coefficient (Wildman–Crippen LogP) is 1.33. The molecular weight excluding hydrogens is 230 g/mol. The van der Waals surface area contributed by atoms with E-state index >= 15 is 0 Å². The van der Waals surface area contributed by atoms with Crippen LogP contribution in [0.1, 0.15) is 0 Å². The van der Waals surface area contributed by atoms with Gasteiger partial charge in [-0.2, -0.15) is 0 Å². The smallest absolute Gasteiger partial charge is 0.319 e. The van der Waals surface area contributed by atoms with E-state index in [-0.39, 0.29) is 5.23 Å². The van der Waals surface area contributed by atoms with Crippen LogP contribution in [0.25, 0.3) is 0 Å². The van der Waals surface area contributed by atoms with Crippen molar-refractivity contribution in [3.05, 3.63) is 35.9 Å². The van der Waals surface area contributed by atoms with E-state index in [0.717, 1.165) is 5.41 Å². The average molecular weight is 239 g/mol. The third-order valence-corrected chi connectivity index (χ3v) is 3.07. The van der Waals surface area contributed by atoms with Crippen molar-refractivity contribution in [2.75, 3.05) is 7.11 Å². The first-order chi connectivity index (χ1) is 7.62. The summed E-state index contributed by atoms with van der Waals surface area (Å²) in [5, 5.41) is 0.670. The Hall–Kier alpha value is -1.82. The standard InChI is InChI=1S/C10H9NO4S/c1-14-8-3-2-4-9(7-8)15-10-11-5-6-16(10,12)13/h2-7H,1H3. The first kappa shape index (κ1) is 10.7. The molecule has 0 fully saturated rings. The van der Waals surface area contributed by atoms with E-state index in [4.69, 9.17) is 9.47 Å². The fourth-order valence-corrected chi connectivity index (χ4v) is 1.91. The third-order valence-electron chi connectivity index (χ3n) is 1.91. The zero-order valence-electron chi connectivity index (χ0n) is 8.45. The quantitative estimate of drug-likeness (QED) is 0.781. The van der Waals surface area contributed by atoms with Gasteiger partial charge in [0.25, 0.3) is 9.84 Å². The summed E-state index contributed by atoms with van der Waals surface area (Å²) in [5.41, 5.74) is 0. The Kier molecular flexibility index (Phi) is 2.66. The molecule has 2 rings (SSSR count). The Labute approximate surface area is 92.9 Å². The molecule has 0 aliphatic carbocycles. The van der Waals surface area contributed by atoms with Gasteiger partial charge < -0.3 is 9.47 Å². The molecule has 1 heterocycles. The van der Waals surface area contributed by atoms with Gasteiger partial charge in [0.1, 0.15) is 11.5 Å². The van der Waals surface area contributed by atoms with Gasteiger partial charge >= 0.3 is 5.23 Å². The number of rotatable bonds is 2. The molecule has 0 saturated heterocycles. The van der Waals surface area contributed by atoms with Crippen LogP contribution in [-0.4, -0.2) is 20.8 Å². The van der Waals surface area contributed by atoms with E-state index in [1.165, 1.54) is 13.3 Å². The van der Waals surface area contributed by atoms with Gasteiger partial charge in [0.05, 0.1) is 12.5 Å². The lowest BCUT2D eigenvalue weighted by Crippen LogP contribution is -2.16. The predicted molar refractivity (Wildman–Crippen MR) is 59.1 cm³/mol. The molecule has 16 heavy (non-hydrogen) atoms. The minimum absolute atomic E-state index is 0.319. The van der Waals surface area contributed by atoms with Gasteiger partial charge in [-0.05, 0) is 12.1 Å². The molecule has 0 spiro atoms. The Bertz CT molecular complexity index is 560. The first-order valence-electron chi connectivity index (χ1n) is 4.43. The van der Waals surface area contributed by atoms with Crippen LogP contribution in [0.5, 0.6) is 11.5 Å².